The molecule has 1 spiro atoms. The van der Waals surface area contributed by atoms with Crippen LogP contribution in [0.3, 0.4) is 0 Å². The van der Waals surface area contributed by atoms with Crippen molar-refractivity contribution < 1.29 is 0 Å². The Labute approximate surface area is 200 Å². The molecule has 5 N–H and O–H groups in total. The molecule has 1 aliphatic carbocycles. The highest BCUT2D eigenvalue weighted by Gasteiger charge is 2.46. The summed E-state index contributed by atoms with van der Waals surface area (Å²) in [5.41, 5.74) is 16.3. The fourth-order valence-corrected chi connectivity index (χ4v) is 6.43. The zero-order valence-corrected chi connectivity index (χ0v) is 19.7. The number of rotatable bonds is 3. The van der Waals surface area contributed by atoms with E-state index in [1.807, 2.05) is 6.07 Å². The van der Waals surface area contributed by atoms with Gasteiger partial charge in [-0.3, -0.25) is 14.5 Å². The van der Waals surface area contributed by atoms with E-state index in [4.69, 9.17) is 11.5 Å². The summed E-state index contributed by atoms with van der Waals surface area (Å²) in [6.07, 6.45) is 6.29. The number of nitrogens with two attached hydrogens (primary N) is 2. The molecule has 9 nitrogen and oxygen atoms in total. The van der Waals surface area contributed by atoms with Gasteiger partial charge in [0.1, 0.15) is 10.7 Å². The molecule has 0 bridgehead atoms. The quantitative estimate of drug-likeness (QED) is 0.413. The fourth-order valence-electron chi connectivity index (χ4n) is 5.45. The summed E-state index contributed by atoms with van der Waals surface area (Å²) in [6, 6.07) is 10.4. The number of hydrogen-bond donors (Lipinski definition) is 3. The first-order valence-electron chi connectivity index (χ1n) is 11.4. The van der Waals surface area contributed by atoms with Crippen LogP contribution in [0.5, 0.6) is 0 Å². The van der Waals surface area contributed by atoms with Gasteiger partial charge in [0.25, 0.3) is 5.56 Å². The third-order valence-corrected chi connectivity index (χ3v) is 8.58. The lowest BCUT2D eigenvalue weighted by Gasteiger charge is -2.42. The van der Waals surface area contributed by atoms with Gasteiger partial charge in [0, 0.05) is 37.3 Å². The van der Waals surface area contributed by atoms with Gasteiger partial charge in [-0.2, -0.15) is 10.1 Å². The van der Waals surface area contributed by atoms with Crippen LogP contribution >= 0.6 is 11.8 Å². The number of benzene rings is 1. The second-order valence-electron chi connectivity index (χ2n) is 9.24. The van der Waals surface area contributed by atoms with Crippen molar-refractivity contribution in [2.45, 2.75) is 35.1 Å². The van der Waals surface area contributed by atoms with Crippen LogP contribution in [0.15, 0.2) is 57.3 Å². The van der Waals surface area contributed by atoms with Gasteiger partial charge in [-0.1, -0.05) is 36.0 Å². The second-order valence-corrected chi connectivity index (χ2v) is 10.3. The maximum absolute atomic E-state index is 13.3. The summed E-state index contributed by atoms with van der Waals surface area (Å²) in [7, 11) is 1.76. The van der Waals surface area contributed by atoms with Crippen LogP contribution in [-0.4, -0.2) is 37.8 Å². The number of pyridine rings is 1. The Hall–Kier alpha value is -3.37. The first kappa shape index (κ1) is 21.2. The van der Waals surface area contributed by atoms with Crippen LogP contribution in [0, 0.1) is 5.41 Å². The van der Waals surface area contributed by atoms with Crippen LogP contribution in [0.25, 0.3) is 11.0 Å². The van der Waals surface area contributed by atoms with E-state index in [-0.39, 0.29) is 22.8 Å². The van der Waals surface area contributed by atoms with Crippen molar-refractivity contribution in [3.05, 3.63) is 64.2 Å². The predicted octanol–water partition coefficient (Wildman–Crippen LogP) is 2.63. The Balaban J connectivity index is 1.26. The maximum atomic E-state index is 13.3. The fraction of sp³-hybridized carbons (Fsp3) is 0.333. The summed E-state index contributed by atoms with van der Waals surface area (Å²) >= 11 is 1.30. The lowest BCUT2D eigenvalue weighted by Crippen LogP contribution is -2.46. The van der Waals surface area contributed by atoms with Crippen molar-refractivity contribution in [2.24, 2.45) is 18.2 Å². The highest BCUT2D eigenvalue weighted by Crippen LogP contribution is 2.50. The molecule has 1 fully saturated rings. The van der Waals surface area contributed by atoms with Crippen molar-refractivity contribution in [3.63, 3.8) is 0 Å². The first-order valence-corrected chi connectivity index (χ1v) is 12.2. The maximum Gasteiger partial charge on any atom is 0.270 e. The Kier molecular flexibility index (Phi) is 4.89. The molecule has 2 aliphatic rings. The van der Waals surface area contributed by atoms with Crippen LogP contribution in [0.4, 0.5) is 11.8 Å². The molecule has 6 rings (SSSR count). The summed E-state index contributed by atoms with van der Waals surface area (Å²) in [4.78, 5) is 25.7. The average molecular weight is 475 g/mol. The van der Waals surface area contributed by atoms with Gasteiger partial charge < -0.3 is 16.4 Å². The number of nitrogen functional groups attached to an aromatic ring is 1. The zero-order chi connectivity index (χ0) is 23.4. The van der Waals surface area contributed by atoms with Crippen LogP contribution in [0.2, 0.25) is 0 Å². The molecule has 0 radical (unpaired) electrons. The van der Waals surface area contributed by atoms with Gasteiger partial charge in [0.2, 0.25) is 5.95 Å². The topological polar surface area (TPSA) is 132 Å². The number of aromatic amines is 1. The third-order valence-electron chi connectivity index (χ3n) is 7.41. The number of piperidine rings is 1. The van der Waals surface area contributed by atoms with E-state index in [2.05, 4.69) is 49.3 Å². The molecular formula is C24H26N8OS. The smallest absolute Gasteiger partial charge is 0.270 e. The Morgan fingerprint density at radius 1 is 1.21 bits per heavy atom. The van der Waals surface area contributed by atoms with E-state index < -0.39 is 0 Å². The number of nitrogens with one attached hydrogen (secondary N) is 1. The monoisotopic (exact) mass is 474 g/mol. The number of nitrogens with zero attached hydrogens (tertiary/aromatic N) is 5. The Bertz CT molecular complexity index is 1450. The van der Waals surface area contributed by atoms with Gasteiger partial charge in [0.05, 0.1) is 11.6 Å². The van der Waals surface area contributed by atoms with Gasteiger partial charge in [0.15, 0.2) is 5.65 Å². The minimum absolute atomic E-state index is 0.0478. The Morgan fingerprint density at radius 2 is 2.00 bits per heavy atom. The number of anilines is 2. The Morgan fingerprint density at radius 3 is 2.79 bits per heavy atom. The SMILES string of the molecule is Cn1c(N2CCC3(CC2)Cc2ccccc2[C@H]3N)nc(N)c(Sc2ccnc3[nH]ncc23)c1=O. The van der Waals surface area contributed by atoms with Crippen LogP contribution in [-0.2, 0) is 13.5 Å². The molecule has 0 saturated carbocycles. The molecule has 0 amide bonds. The van der Waals surface area contributed by atoms with Crippen molar-refractivity contribution in [3.8, 4) is 0 Å². The minimum atomic E-state index is -0.161. The summed E-state index contributed by atoms with van der Waals surface area (Å²) in [5, 5.41) is 7.73. The van der Waals surface area contributed by atoms with E-state index >= 15 is 0 Å². The molecule has 10 heteroatoms. The lowest BCUT2D eigenvalue weighted by molar-refractivity contribution is 0.186. The van der Waals surface area contributed by atoms with Gasteiger partial charge in [-0.05, 0) is 41.9 Å². The van der Waals surface area contributed by atoms with E-state index in [1.165, 1.54) is 22.9 Å². The summed E-state index contributed by atoms with van der Waals surface area (Å²) in [6.45, 7) is 1.57. The molecule has 174 valence electrons. The highest BCUT2D eigenvalue weighted by atomic mass is 32.2. The van der Waals surface area contributed by atoms with E-state index in [1.54, 1.807) is 24.0 Å². The molecule has 3 aromatic heterocycles. The normalized spacial score (nSPS) is 19.1. The lowest BCUT2D eigenvalue weighted by atomic mass is 9.73. The van der Waals surface area contributed by atoms with E-state index in [9.17, 15) is 4.79 Å². The number of fused-ring (bicyclic) bond motifs is 2. The summed E-state index contributed by atoms with van der Waals surface area (Å²) in [5.74, 6) is 0.843. The van der Waals surface area contributed by atoms with E-state index in [0.717, 1.165) is 42.6 Å². The molecule has 1 aliphatic heterocycles. The largest absolute Gasteiger partial charge is 0.382 e. The standard InChI is InChI=1S/C24H26N8OS/c1-31-22(33)18(34-17-6-9-27-21-16(17)13-28-30-21)20(26)29-23(31)32-10-7-24(8-11-32)12-14-4-2-3-5-15(14)19(24)25/h2-6,9,13,19H,7-8,10-12,25-26H2,1H3,(H,27,28,30)/t19-/m1/s1. The van der Waals surface area contributed by atoms with Crippen molar-refractivity contribution >= 4 is 34.6 Å². The molecule has 1 aromatic carbocycles. The average Bonchev–Trinajstić information content (AvgIpc) is 3.44. The van der Waals surface area contributed by atoms with Gasteiger partial charge >= 0.3 is 0 Å². The highest BCUT2D eigenvalue weighted by molar-refractivity contribution is 7.99. The first-order chi connectivity index (χ1) is 16.5. The minimum Gasteiger partial charge on any atom is -0.382 e. The number of hydrogen-bond acceptors (Lipinski definition) is 8. The van der Waals surface area contributed by atoms with E-state index in [0.29, 0.717) is 16.5 Å². The molecule has 4 aromatic rings. The number of H-pyrrole nitrogens is 1. The second kappa shape index (κ2) is 7.85. The van der Waals surface area contributed by atoms with Gasteiger partial charge in [-0.25, -0.2) is 4.98 Å². The van der Waals surface area contributed by atoms with Crippen molar-refractivity contribution in [1.29, 1.82) is 0 Å². The van der Waals surface area contributed by atoms with Crippen LogP contribution in [0.1, 0.15) is 30.0 Å². The molecule has 0 unspecified atom stereocenters. The third kappa shape index (κ3) is 3.20. The predicted molar refractivity (Wildman–Crippen MR) is 133 cm³/mol. The zero-order valence-electron chi connectivity index (χ0n) is 18.9. The molecule has 1 atom stereocenters. The van der Waals surface area contributed by atoms with Gasteiger partial charge in [-0.15, -0.1) is 0 Å². The van der Waals surface area contributed by atoms with Crippen LogP contribution < -0.4 is 21.9 Å². The molecule has 1 saturated heterocycles. The molecule has 34 heavy (non-hydrogen) atoms. The molecule has 4 heterocycles. The summed E-state index contributed by atoms with van der Waals surface area (Å²) < 4.78 is 1.60. The number of aromatic nitrogens is 5. The molecular weight excluding hydrogens is 448 g/mol. The van der Waals surface area contributed by atoms with Crippen molar-refractivity contribution in [2.75, 3.05) is 23.7 Å². The van der Waals surface area contributed by atoms with Crippen molar-refractivity contribution in [1.82, 2.24) is 24.7 Å².